The van der Waals surface area contributed by atoms with Crippen molar-refractivity contribution in [3.63, 3.8) is 0 Å². The summed E-state index contributed by atoms with van der Waals surface area (Å²) in [6.07, 6.45) is -3.57. The highest BCUT2D eigenvalue weighted by atomic mass is 19.4. The van der Waals surface area contributed by atoms with E-state index in [9.17, 15) is 13.2 Å². The first-order valence-electron chi connectivity index (χ1n) is 8.44. The summed E-state index contributed by atoms with van der Waals surface area (Å²) in [5.74, 6) is 2.16. The Morgan fingerprint density at radius 1 is 1.00 bits per heavy atom. The Balaban J connectivity index is 1.58. The van der Waals surface area contributed by atoms with Gasteiger partial charge in [0.2, 0.25) is 6.79 Å². The number of hydrogen-bond acceptors (Lipinski definition) is 4. The molecule has 3 aromatic rings. The van der Waals surface area contributed by atoms with Gasteiger partial charge in [-0.05, 0) is 48.9 Å². The van der Waals surface area contributed by atoms with Crippen molar-refractivity contribution in [2.45, 2.75) is 12.6 Å². The van der Waals surface area contributed by atoms with Crippen LogP contribution in [0.2, 0.25) is 0 Å². The van der Waals surface area contributed by atoms with E-state index in [-0.39, 0.29) is 6.79 Å². The highest BCUT2D eigenvalue weighted by Crippen LogP contribution is 2.40. The number of benzene rings is 2. The Morgan fingerprint density at radius 2 is 1.78 bits per heavy atom. The lowest BCUT2D eigenvalue weighted by atomic mass is 10.1. The smallest absolute Gasteiger partial charge is 0.416 e. The molecule has 2 aliphatic rings. The lowest BCUT2D eigenvalue weighted by molar-refractivity contribution is -0.137. The first kappa shape index (κ1) is 16.0. The third-order valence-electron chi connectivity index (χ3n) is 4.74. The van der Waals surface area contributed by atoms with Crippen LogP contribution in [0.1, 0.15) is 11.1 Å². The Kier molecular flexibility index (Phi) is 3.37. The molecule has 3 heterocycles. The predicted molar refractivity (Wildman–Crippen MR) is 92.3 cm³/mol. The van der Waals surface area contributed by atoms with Gasteiger partial charge in [-0.2, -0.15) is 18.3 Å². The molecule has 2 aliphatic heterocycles. The van der Waals surface area contributed by atoms with Crippen molar-refractivity contribution >= 4 is 5.82 Å². The molecule has 0 bridgehead atoms. The molecule has 0 saturated heterocycles. The summed E-state index contributed by atoms with van der Waals surface area (Å²) < 4.78 is 50.9. The molecule has 5 nitrogen and oxygen atoms in total. The number of halogens is 3. The zero-order valence-electron chi connectivity index (χ0n) is 14.0. The average molecular weight is 373 g/mol. The van der Waals surface area contributed by atoms with Gasteiger partial charge in [0.15, 0.2) is 11.5 Å². The summed E-state index contributed by atoms with van der Waals surface area (Å²) in [5, 5.41) is 7.94. The second-order valence-electron chi connectivity index (χ2n) is 6.38. The molecule has 5 rings (SSSR count). The molecule has 0 aliphatic carbocycles. The lowest BCUT2D eigenvalue weighted by Gasteiger charge is -2.09. The maximum atomic E-state index is 12.8. The largest absolute Gasteiger partial charge is 0.454 e. The topological polar surface area (TPSA) is 48.3 Å². The van der Waals surface area contributed by atoms with E-state index in [1.165, 1.54) is 12.1 Å². The SMILES string of the molecule is FC(F)(F)c1ccc(-n2nc(-c3ccc4c(c3)OCO4)c3c2NCC3)cc1. The van der Waals surface area contributed by atoms with Gasteiger partial charge in [-0.3, -0.25) is 0 Å². The molecule has 1 N–H and O–H groups in total. The van der Waals surface area contributed by atoms with Crippen LogP contribution in [0.15, 0.2) is 42.5 Å². The number of anilines is 1. The summed E-state index contributed by atoms with van der Waals surface area (Å²) in [6, 6.07) is 10.6. The van der Waals surface area contributed by atoms with Gasteiger partial charge in [0.1, 0.15) is 5.82 Å². The Bertz CT molecular complexity index is 1030. The molecular formula is C19H14F3N3O2. The van der Waals surface area contributed by atoms with Gasteiger partial charge >= 0.3 is 6.18 Å². The third-order valence-corrected chi connectivity index (χ3v) is 4.74. The predicted octanol–water partition coefficient (Wildman–Crippen LogP) is 4.25. The Hall–Kier alpha value is -3.16. The van der Waals surface area contributed by atoms with Crippen molar-refractivity contribution < 1.29 is 22.6 Å². The van der Waals surface area contributed by atoms with Gasteiger partial charge in [-0.1, -0.05) is 0 Å². The molecule has 0 fully saturated rings. The van der Waals surface area contributed by atoms with Crippen LogP contribution >= 0.6 is 0 Å². The van der Waals surface area contributed by atoms with Gasteiger partial charge in [0.25, 0.3) is 0 Å². The van der Waals surface area contributed by atoms with Gasteiger partial charge in [-0.25, -0.2) is 4.68 Å². The number of ether oxygens (including phenoxy) is 2. The van der Waals surface area contributed by atoms with E-state index in [2.05, 4.69) is 10.4 Å². The molecule has 0 radical (unpaired) electrons. The average Bonchev–Trinajstić information content (AvgIpc) is 3.36. The van der Waals surface area contributed by atoms with E-state index in [1.807, 2.05) is 18.2 Å². The summed E-state index contributed by atoms with van der Waals surface area (Å²) in [7, 11) is 0. The first-order chi connectivity index (χ1) is 13.0. The van der Waals surface area contributed by atoms with E-state index in [1.54, 1.807) is 4.68 Å². The maximum absolute atomic E-state index is 12.8. The maximum Gasteiger partial charge on any atom is 0.416 e. The monoisotopic (exact) mass is 373 g/mol. The van der Waals surface area contributed by atoms with Crippen LogP contribution < -0.4 is 14.8 Å². The molecule has 0 spiro atoms. The second kappa shape index (κ2) is 5.67. The standard InChI is InChI=1S/C19H14F3N3O2/c20-19(21,22)12-2-4-13(5-3-12)25-18-14(7-8-23-18)17(24-25)11-1-6-15-16(9-11)27-10-26-15/h1-6,9,23H,7-8,10H2. The fourth-order valence-corrected chi connectivity index (χ4v) is 3.43. The van der Waals surface area contributed by atoms with E-state index in [0.717, 1.165) is 47.7 Å². The summed E-state index contributed by atoms with van der Waals surface area (Å²) >= 11 is 0. The van der Waals surface area contributed by atoms with Crippen molar-refractivity contribution in [2.75, 3.05) is 18.7 Å². The normalized spacial score (nSPS) is 14.9. The number of rotatable bonds is 2. The Labute approximate surface area is 152 Å². The number of nitrogens with zero attached hydrogens (tertiary/aromatic N) is 2. The molecule has 1 aromatic heterocycles. The van der Waals surface area contributed by atoms with Crippen molar-refractivity contribution in [1.82, 2.24) is 9.78 Å². The molecule has 0 amide bonds. The molecule has 138 valence electrons. The van der Waals surface area contributed by atoms with Gasteiger partial charge < -0.3 is 14.8 Å². The minimum atomic E-state index is -4.36. The summed E-state index contributed by atoms with van der Waals surface area (Å²) in [6.45, 7) is 0.948. The highest BCUT2D eigenvalue weighted by Gasteiger charge is 2.30. The van der Waals surface area contributed by atoms with Crippen LogP contribution in [-0.4, -0.2) is 23.1 Å². The van der Waals surface area contributed by atoms with E-state index < -0.39 is 11.7 Å². The number of nitrogens with one attached hydrogen (secondary N) is 1. The molecule has 8 heteroatoms. The second-order valence-corrected chi connectivity index (χ2v) is 6.38. The summed E-state index contributed by atoms with van der Waals surface area (Å²) in [4.78, 5) is 0. The van der Waals surface area contributed by atoms with Gasteiger partial charge in [0, 0.05) is 17.7 Å². The van der Waals surface area contributed by atoms with Crippen molar-refractivity contribution in [2.24, 2.45) is 0 Å². The highest BCUT2D eigenvalue weighted by molar-refractivity contribution is 5.74. The van der Waals surface area contributed by atoms with Gasteiger partial charge in [-0.15, -0.1) is 0 Å². The van der Waals surface area contributed by atoms with Crippen LogP contribution in [0.4, 0.5) is 19.0 Å². The van der Waals surface area contributed by atoms with E-state index in [0.29, 0.717) is 17.2 Å². The van der Waals surface area contributed by atoms with Crippen molar-refractivity contribution in [3.05, 3.63) is 53.6 Å². The number of alkyl halides is 3. The quantitative estimate of drug-likeness (QED) is 0.729. The van der Waals surface area contributed by atoms with Gasteiger partial charge in [0.05, 0.1) is 16.9 Å². The van der Waals surface area contributed by atoms with E-state index in [4.69, 9.17) is 9.47 Å². The van der Waals surface area contributed by atoms with Crippen LogP contribution in [0.25, 0.3) is 16.9 Å². The molecule has 27 heavy (non-hydrogen) atoms. The molecule has 0 unspecified atom stereocenters. The lowest BCUT2D eigenvalue weighted by Crippen LogP contribution is -2.07. The third kappa shape index (κ3) is 2.59. The minimum absolute atomic E-state index is 0.193. The van der Waals surface area contributed by atoms with Crippen molar-refractivity contribution in [1.29, 1.82) is 0 Å². The van der Waals surface area contributed by atoms with Crippen molar-refractivity contribution in [3.8, 4) is 28.4 Å². The van der Waals surface area contributed by atoms with Crippen LogP contribution in [0, 0.1) is 0 Å². The number of fused-ring (bicyclic) bond motifs is 2. The fourth-order valence-electron chi connectivity index (χ4n) is 3.43. The van der Waals surface area contributed by atoms with Crippen LogP contribution in [-0.2, 0) is 12.6 Å². The van der Waals surface area contributed by atoms with E-state index >= 15 is 0 Å². The number of hydrogen-bond donors (Lipinski definition) is 1. The first-order valence-corrected chi connectivity index (χ1v) is 8.44. The Morgan fingerprint density at radius 3 is 2.56 bits per heavy atom. The zero-order valence-corrected chi connectivity index (χ0v) is 14.0. The molecule has 2 aromatic carbocycles. The van der Waals surface area contributed by atoms with Crippen LogP contribution in [0.5, 0.6) is 11.5 Å². The number of aromatic nitrogens is 2. The molecular weight excluding hydrogens is 359 g/mol. The fraction of sp³-hybridized carbons (Fsp3) is 0.211. The zero-order chi connectivity index (χ0) is 18.6. The minimum Gasteiger partial charge on any atom is -0.454 e. The molecule has 0 atom stereocenters. The van der Waals surface area contributed by atoms with Crippen LogP contribution in [0.3, 0.4) is 0 Å². The summed E-state index contributed by atoms with van der Waals surface area (Å²) in [5.41, 5.74) is 2.59. The molecule has 0 saturated carbocycles.